The van der Waals surface area contributed by atoms with E-state index in [1.54, 1.807) is 0 Å². The molecule has 1 N–H and O–H groups in total. The zero-order valence-corrected chi connectivity index (χ0v) is 30.1. The Labute approximate surface area is 272 Å². The first-order valence-corrected chi connectivity index (χ1v) is 17.2. The molecule has 1 aliphatic carbocycles. The molecule has 0 amide bonds. The van der Waals surface area contributed by atoms with Crippen molar-refractivity contribution in [1.29, 1.82) is 0 Å². The lowest BCUT2D eigenvalue weighted by atomic mass is 9.76. The van der Waals surface area contributed by atoms with Crippen molar-refractivity contribution >= 4 is 20.1 Å². The van der Waals surface area contributed by atoms with E-state index in [1.165, 1.54) is 68.4 Å². The first kappa shape index (κ1) is 35.6. The molecule has 0 spiro atoms. The van der Waals surface area contributed by atoms with Crippen molar-refractivity contribution in [3.63, 3.8) is 0 Å². The Balaban J connectivity index is 1.92. The summed E-state index contributed by atoms with van der Waals surface area (Å²) in [4.78, 5) is 0. The fraction of sp³-hybridized carbons (Fsp3) is 0.429. The number of nitrogens with one attached hydrogen (secondary N) is 1. The van der Waals surface area contributed by atoms with Crippen LogP contribution >= 0.6 is 9.24 Å². The highest BCUT2D eigenvalue weighted by atomic mass is 31.0. The van der Waals surface area contributed by atoms with E-state index < -0.39 is 0 Å². The quantitative estimate of drug-likeness (QED) is 0.0919. The van der Waals surface area contributed by atoms with E-state index in [-0.39, 0.29) is 10.8 Å². The summed E-state index contributed by atoms with van der Waals surface area (Å²) >= 11 is 0. The molecular formula is C42H58NP. The third-order valence-corrected chi connectivity index (χ3v) is 9.57. The molecule has 1 nitrogen and oxygen atoms in total. The summed E-state index contributed by atoms with van der Waals surface area (Å²) in [5.41, 5.74) is 11.9. The van der Waals surface area contributed by atoms with Crippen LogP contribution in [0, 0.1) is 12.3 Å². The van der Waals surface area contributed by atoms with Crippen LogP contribution in [0.1, 0.15) is 109 Å². The molecule has 2 aromatic rings. The summed E-state index contributed by atoms with van der Waals surface area (Å²) in [5.74, 6) is 0. The smallest absolute Gasteiger partial charge is 0.0334 e. The number of hydrogen-bond acceptors (Lipinski definition) is 1. The van der Waals surface area contributed by atoms with Crippen molar-refractivity contribution in [2.75, 3.05) is 6.54 Å². The Hall–Kier alpha value is -2.89. The second kappa shape index (κ2) is 16.4. The van der Waals surface area contributed by atoms with Crippen LogP contribution in [0.2, 0.25) is 0 Å². The second-order valence-electron chi connectivity index (χ2n) is 13.9. The maximum Gasteiger partial charge on any atom is 0.0334 e. The minimum Gasteiger partial charge on any atom is -0.385 e. The summed E-state index contributed by atoms with van der Waals surface area (Å²) in [6, 6.07) is 15.9. The SMILES string of the molecule is C=C(C)CCc1ccc(C(=C\C=C(\C)C(C)(C)c2cc(P)ccc2C)/C=C/CC(C)(C)C2=CCCC=C2NCCCC)cc1. The van der Waals surface area contributed by atoms with Gasteiger partial charge in [0.2, 0.25) is 0 Å². The van der Waals surface area contributed by atoms with Crippen molar-refractivity contribution in [3.8, 4) is 0 Å². The van der Waals surface area contributed by atoms with Crippen molar-refractivity contribution in [1.82, 2.24) is 5.32 Å². The predicted molar refractivity (Wildman–Crippen MR) is 201 cm³/mol. The Morgan fingerprint density at radius 3 is 2.36 bits per heavy atom. The van der Waals surface area contributed by atoms with Gasteiger partial charge in [0, 0.05) is 17.7 Å². The Morgan fingerprint density at radius 1 is 0.977 bits per heavy atom. The van der Waals surface area contributed by atoms with Gasteiger partial charge in [-0.05, 0) is 103 Å². The molecule has 2 aromatic carbocycles. The van der Waals surface area contributed by atoms with Gasteiger partial charge in [-0.3, -0.25) is 0 Å². The van der Waals surface area contributed by atoms with Gasteiger partial charge >= 0.3 is 0 Å². The van der Waals surface area contributed by atoms with Gasteiger partial charge in [-0.25, -0.2) is 0 Å². The van der Waals surface area contributed by atoms with Crippen LogP contribution in [0.3, 0.4) is 0 Å². The van der Waals surface area contributed by atoms with E-state index in [1.807, 2.05) is 0 Å². The first-order chi connectivity index (χ1) is 20.8. The molecule has 3 rings (SSSR count). The van der Waals surface area contributed by atoms with E-state index in [9.17, 15) is 0 Å². The van der Waals surface area contributed by atoms with Crippen LogP contribution in [0.4, 0.5) is 0 Å². The van der Waals surface area contributed by atoms with Crippen LogP contribution in [0.15, 0.2) is 108 Å². The standard InChI is InChI=1S/C42H58NP/c1-10-11-29-43-40-17-13-12-16-38(40)41(6,7)28-14-15-35(36-25-22-34(23-26-36)21-18-31(2)3)24-20-33(5)42(8,9)39-30-37(44)27-19-32(39)4/h14-17,19-20,22-27,30,43H,2,10-13,18,21,28-29,44H2,1,3-9H3/b15-14+,33-20-,35-24-. The largest absolute Gasteiger partial charge is 0.385 e. The van der Waals surface area contributed by atoms with Gasteiger partial charge in [0.05, 0.1) is 0 Å². The molecule has 1 aliphatic rings. The van der Waals surface area contributed by atoms with Crippen LogP contribution < -0.4 is 10.6 Å². The number of hydrogen-bond donors (Lipinski definition) is 1. The monoisotopic (exact) mass is 607 g/mol. The third kappa shape index (κ3) is 10.1. The minimum atomic E-state index is -0.0721. The molecule has 1 atom stereocenters. The molecule has 1 unspecified atom stereocenters. The number of aryl methyl sites for hydroxylation is 2. The summed E-state index contributed by atoms with van der Waals surface area (Å²) in [6.07, 6.45) is 22.0. The molecule has 0 aliphatic heterocycles. The molecule has 0 aromatic heterocycles. The van der Waals surface area contributed by atoms with Crippen LogP contribution in [-0.2, 0) is 11.8 Å². The maximum absolute atomic E-state index is 4.08. The van der Waals surface area contributed by atoms with E-state index in [2.05, 4.69) is 155 Å². The average molecular weight is 608 g/mol. The molecule has 0 heterocycles. The van der Waals surface area contributed by atoms with E-state index in [4.69, 9.17) is 0 Å². The normalized spacial score (nSPS) is 14.9. The second-order valence-corrected chi connectivity index (χ2v) is 14.6. The van der Waals surface area contributed by atoms with Gasteiger partial charge in [-0.1, -0.05) is 131 Å². The van der Waals surface area contributed by atoms with E-state index >= 15 is 0 Å². The fourth-order valence-corrected chi connectivity index (χ4v) is 6.15. The zero-order valence-electron chi connectivity index (χ0n) is 28.9. The minimum absolute atomic E-state index is 0.0495. The van der Waals surface area contributed by atoms with Crippen molar-refractivity contribution in [2.24, 2.45) is 5.41 Å². The predicted octanol–water partition coefficient (Wildman–Crippen LogP) is 11.3. The summed E-state index contributed by atoms with van der Waals surface area (Å²) in [6.45, 7) is 23.4. The topological polar surface area (TPSA) is 12.0 Å². The highest BCUT2D eigenvalue weighted by Gasteiger charge is 2.26. The van der Waals surface area contributed by atoms with Crippen LogP contribution in [0.5, 0.6) is 0 Å². The number of unbranched alkanes of at least 4 members (excludes halogenated alkanes) is 1. The van der Waals surface area contributed by atoms with Gasteiger partial charge in [0.1, 0.15) is 0 Å². The van der Waals surface area contributed by atoms with Gasteiger partial charge in [-0.2, -0.15) is 0 Å². The lowest BCUT2D eigenvalue weighted by Gasteiger charge is -2.31. The fourth-order valence-electron chi connectivity index (χ4n) is 5.89. The third-order valence-electron chi connectivity index (χ3n) is 9.22. The Morgan fingerprint density at radius 2 is 1.68 bits per heavy atom. The van der Waals surface area contributed by atoms with Crippen LogP contribution in [-0.4, -0.2) is 6.54 Å². The Kier molecular flexibility index (Phi) is 13.3. The van der Waals surface area contributed by atoms with Gasteiger partial charge in [0.25, 0.3) is 0 Å². The molecule has 0 saturated carbocycles. The molecule has 44 heavy (non-hydrogen) atoms. The number of benzene rings is 2. The summed E-state index contributed by atoms with van der Waals surface area (Å²) < 4.78 is 0. The highest BCUT2D eigenvalue weighted by molar-refractivity contribution is 7.27. The van der Waals surface area contributed by atoms with Crippen LogP contribution in [0.25, 0.3) is 5.57 Å². The lowest BCUT2D eigenvalue weighted by molar-refractivity contribution is 0.447. The molecule has 0 bridgehead atoms. The van der Waals surface area contributed by atoms with Crippen molar-refractivity contribution in [3.05, 3.63) is 130 Å². The molecule has 0 saturated heterocycles. The van der Waals surface area contributed by atoms with Gasteiger partial charge in [0.15, 0.2) is 0 Å². The van der Waals surface area contributed by atoms with Gasteiger partial charge < -0.3 is 5.32 Å². The molecule has 2 heteroatoms. The van der Waals surface area contributed by atoms with E-state index in [0.29, 0.717) is 0 Å². The highest BCUT2D eigenvalue weighted by Crippen LogP contribution is 2.38. The Bertz CT molecular complexity index is 1420. The number of rotatable bonds is 15. The lowest BCUT2D eigenvalue weighted by Crippen LogP contribution is -2.25. The summed E-state index contributed by atoms with van der Waals surface area (Å²) in [5, 5.41) is 4.97. The summed E-state index contributed by atoms with van der Waals surface area (Å²) in [7, 11) is 2.85. The van der Waals surface area contributed by atoms with Gasteiger partial charge in [-0.15, -0.1) is 15.8 Å². The molecule has 0 radical (unpaired) electrons. The number of allylic oxidation sites excluding steroid dienone is 10. The van der Waals surface area contributed by atoms with Crippen molar-refractivity contribution in [2.45, 2.75) is 106 Å². The maximum atomic E-state index is 4.08. The first-order valence-electron chi connectivity index (χ1n) is 16.7. The zero-order chi connectivity index (χ0) is 32.3. The molecule has 236 valence electrons. The molecular weight excluding hydrogens is 549 g/mol. The average Bonchev–Trinajstić information content (AvgIpc) is 2.99. The van der Waals surface area contributed by atoms with Crippen molar-refractivity contribution < 1.29 is 0 Å². The van der Waals surface area contributed by atoms with E-state index in [0.717, 1.165) is 38.6 Å². The molecule has 0 fully saturated rings.